The third-order valence-corrected chi connectivity index (χ3v) is 4.86. The molecule has 23 heavy (non-hydrogen) atoms. The maximum absolute atomic E-state index is 12.4. The molecule has 0 aromatic heterocycles. The summed E-state index contributed by atoms with van der Waals surface area (Å²) in [6.07, 6.45) is 2.38. The molecule has 0 radical (unpaired) electrons. The zero-order valence-electron chi connectivity index (χ0n) is 13.7. The van der Waals surface area contributed by atoms with Gasteiger partial charge >= 0.3 is 0 Å². The number of methoxy groups -OCH3 is 1. The number of rotatable bonds is 7. The van der Waals surface area contributed by atoms with Gasteiger partial charge in [-0.1, -0.05) is 25.5 Å². The van der Waals surface area contributed by atoms with Crippen molar-refractivity contribution in [2.45, 2.75) is 38.8 Å². The molecule has 0 unspecified atom stereocenters. The predicted octanol–water partition coefficient (Wildman–Crippen LogP) is 2.40. The Balaban J connectivity index is 1.89. The Morgan fingerprint density at radius 1 is 1.43 bits per heavy atom. The summed E-state index contributed by atoms with van der Waals surface area (Å²) < 4.78 is 5.18. The van der Waals surface area contributed by atoms with Crippen LogP contribution in [-0.4, -0.2) is 41.5 Å². The lowest BCUT2D eigenvalue weighted by atomic mass is 10.2. The highest BCUT2D eigenvalue weighted by molar-refractivity contribution is 7.99. The molecule has 2 rings (SSSR count). The lowest BCUT2D eigenvalue weighted by Crippen LogP contribution is -2.47. The molecule has 1 fully saturated rings. The molecule has 0 bridgehead atoms. The molecule has 1 saturated heterocycles. The van der Waals surface area contributed by atoms with Crippen molar-refractivity contribution in [3.8, 4) is 5.75 Å². The second kappa shape index (κ2) is 8.82. The monoisotopic (exact) mass is 336 g/mol. The third kappa shape index (κ3) is 4.89. The van der Waals surface area contributed by atoms with Crippen LogP contribution >= 0.6 is 11.8 Å². The highest BCUT2D eigenvalue weighted by Crippen LogP contribution is 2.22. The van der Waals surface area contributed by atoms with Crippen molar-refractivity contribution in [1.29, 1.82) is 0 Å². The number of amides is 2. The van der Waals surface area contributed by atoms with E-state index in [4.69, 9.17) is 4.74 Å². The number of carbonyl (C=O) groups excluding carboxylic acids is 2. The van der Waals surface area contributed by atoms with Gasteiger partial charge < -0.3 is 15.0 Å². The van der Waals surface area contributed by atoms with Gasteiger partial charge in [-0.2, -0.15) is 0 Å². The molecule has 0 saturated carbocycles. The van der Waals surface area contributed by atoms with Crippen LogP contribution in [-0.2, 0) is 16.1 Å². The average molecular weight is 336 g/mol. The molecule has 1 aliphatic rings. The van der Waals surface area contributed by atoms with Gasteiger partial charge in [-0.25, -0.2) is 0 Å². The maximum Gasteiger partial charge on any atom is 0.243 e. The van der Waals surface area contributed by atoms with E-state index >= 15 is 0 Å². The number of hydrogen-bond acceptors (Lipinski definition) is 4. The summed E-state index contributed by atoms with van der Waals surface area (Å²) in [4.78, 5) is 26.3. The molecule has 0 aliphatic carbocycles. The van der Waals surface area contributed by atoms with Crippen LogP contribution in [0.2, 0.25) is 0 Å². The summed E-state index contributed by atoms with van der Waals surface area (Å²) >= 11 is 1.63. The first-order chi connectivity index (χ1) is 11.2. The molecule has 1 aliphatic heterocycles. The standard InChI is InChI=1S/C17H24N2O3S/c1-3-4-8-16(20)19-12-23-11-15(19)17(21)18-10-13-6-5-7-14(9-13)22-2/h5-7,9,15H,3-4,8,10-12H2,1-2H3,(H,18,21)/t15-/m1/s1. The van der Waals surface area contributed by atoms with Crippen molar-refractivity contribution >= 4 is 23.6 Å². The number of nitrogens with one attached hydrogen (secondary N) is 1. The van der Waals surface area contributed by atoms with Crippen molar-refractivity contribution in [3.63, 3.8) is 0 Å². The number of ether oxygens (including phenoxy) is 1. The number of thioether (sulfide) groups is 1. The van der Waals surface area contributed by atoms with Gasteiger partial charge in [0.15, 0.2) is 0 Å². The number of hydrogen-bond donors (Lipinski definition) is 1. The summed E-state index contributed by atoms with van der Waals surface area (Å²) in [7, 11) is 1.62. The van der Waals surface area contributed by atoms with E-state index in [0.29, 0.717) is 24.6 Å². The lowest BCUT2D eigenvalue weighted by molar-refractivity contribution is -0.138. The van der Waals surface area contributed by atoms with Gasteiger partial charge in [0.1, 0.15) is 11.8 Å². The topological polar surface area (TPSA) is 58.6 Å². The van der Waals surface area contributed by atoms with E-state index in [1.807, 2.05) is 24.3 Å². The van der Waals surface area contributed by atoms with E-state index in [-0.39, 0.29) is 17.9 Å². The normalized spacial score (nSPS) is 17.1. The molecule has 1 atom stereocenters. The number of carbonyl (C=O) groups is 2. The average Bonchev–Trinajstić information content (AvgIpc) is 3.07. The summed E-state index contributed by atoms with van der Waals surface area (Å²) in [5.74, 6) is 2.05. The van der Waals surface area contributed by atoms with Crippen LogP contribution in [0.5, 0.6) is 5.75 Å². The highest BCUT2D eigenvalue weighted by Gasteiger charge is 2.33. The lowest BCUT2D eigenvalue weighted by Gasteiger charge is -2.23. The SMILES string of the molecule is CCCCC(=O)N1CSC[C@@H]1C(=O)NCc1cccc(OC)c1. The summed E-state index contributed by atoms with van der Waals surface area (Å²) in [6, 6.07) is 7.25. The van der Waals surface area contributed by atoms with Gasteiger partial charge in [-0.05, 0) is 24.1 Å². The van der Waals surface area contributed by atoms with Crippen LogP contribution in [0.25, 0.3) is 0 Å². The Kier molecular flexibility index (Phi) is 6.77. The molecular weight excluding hydrogens is 312 g/mol. The van der Waals surface area contributed by atoms with E-state index in [1.54, 1.807) is 23.8 Å². The van der Waals surface area contributed by atoms with Gasteiger partial charge in [0.05, 0.1) is 13.0 Å². The molecular formula is C17H24N2O3S. The van der Waals surface area contributed by atoms with E-state index in [0.717, 1.165) is 24.2 Å². The molecule has 2 amide bonds. The van der Waals surface area contributed by atoms with Crippen molar-refractivity contribution in [2.75, 3.05) is 18.7 Å². The largest absolute Gasteiger partial charge is 0.497 e. The van der Waals surface area contributed by atoms with Crippen LogP contribution in [0.15, 0.2) is 24.3 Å². The number of benzene rings is 1. The smallest absolute Gasteiger partial charge is 0.243 e. The molecule has 1 N–H and O–H groups in total. The Bertz CT molecular complexity index is 550. The Hall–Kier alpha value is -1.69. The molecule has 1 aromatic rings. The molecule has 0 spiro atoms. The van der Waals surface area contributed by atoms with E-state index < -0.39 is 0 Å². The Labute approximate surface area is 141 Å². The van der Waals surface area contributed by atoms with Crippen molar-refractivity contribution in [3.05, 3.63) is 29.8 Å². The van der Waals surface area contributed by atoms with Gasteiger partial charge in [-0.3, -0.25) is 9.59 Å². The second-order valence-electron chi connectivity index (χ2n) is 5.55. The van der Waals surface area contributed by atoms with Crippen LogP contribution in [0.3, 0.4) is 0 Å². The van der Waals surface area contributed by atoms with Gasteiger partial charge in [-0.15, -0.1) is 11.8 Å². The minimum Gasteiger partial charge on any atom is -0.497 e. The summed E-state index contributed by atoms with van der Waals surface area (Å²) in [6.45, 7) is 2.50. The van der Waals surface area contributed by atoms with Gasteiger partial charge in [0.2, 0.25) is 11.8 Å². The van der Waals surface area contributed by atoms with Crippen LogP contribution in [0, 0.1) is 0 Å². The Morgan fingerprint density at radius 2 is 2.26 bits per heavy atom. The zero-order valence-corrected chi connectivity index (χ0v) is 14.5. The van der Waals surface area contributed by atoms with E-state index in [1.165, 1.54) is 0 Å². The number of nitrogens with zero attached hydrogens (tertiary/aromatic N) is 1. The van der Waals surface area contributed by atoms with Crippen molar-refractivity contribution in [2.24, 2.45) is 0 Å². The Morgan fingerprint density at radius 3 is 3.00 bits per heavy atom. The van der Waals surface area contributed by atoms with Crippen molar-refractivity contribution < 1.29 is 14.3 Å². The van der Waals surface area contributed by atoms with E-state index in [9.17, 15) is 9.59 Å². The summed E-state index contributed by atoms with van der Waals surface area (Å²) in [5.41, 5.74) is 0.979. The fraction of sp³-hybridized carbons (Fsp3) is 0.529. The maximum atomic E-state index is 12.4. The van der Waals surface area contributed by atoms with Crippen LogP contribution in [0.4, 0.5) is 0 Å². The van der Waals surface area contributed by atoms with E-state index in [2.05, 4.69) is 12.2 Å². The third-order valence-electron chi connectivity index (χ3n) is 3.85. The molecule has 5 nitrogen and oxygen atoms in total. The summed E-state index contributed by atoms with van der Waals surface area (Å²) in [5, 5.41) is 2.93. The van der Waals surface area contributed by atoms with Crippen molar-refractivity contribution in [1.82, 2.24) is 10.2 Å². The van der Waals surface area contributed by atoms with Crippen LogP contribution in [0.1, 0.15) is 31.7 Å². The first kappa shape index (κ1) is 17.7. The molecule has 1 heterocycles. The molecule has 6 heteroatoms. The first-order valence-electron chi connectivity index (χ1n) is 7.93. The zero-order chi connectivity index (χ0) is 16.7. The predicted molar refractivity (Wildman–Crippen MR) is 92.3 cm³/mol. The second-order valence-corrected chi connectivity index (χ2v) is 6.55. The molecule has 1 aromatic carbocycles. The number of unbranched alkanes of at least 4 members (excludes halogenated alkanes) is 1. The fourth-order valence-corrected chi connectivity index (χ4v) is 3.65. The quantitative estimate of drug-likeness (QED) is 0.831. The van der Waals surface area contributed by atoms with Crippen LogP contribution < -0.4 is 10.1 Å². The first-order valence-corrected chi connectivity index (χ1v) is 9.09. The highest BCUT2D eigenvalue weighted by atomic mass is 32.2. The minimum atomic E-state index is -0.352. The fourth-order valence-electron chi connectivity index (χ4n) is 2.47. The minimum absolute atomic E-state index is 0.0809. The van der Waals surface area contributed by atoms with Gasteiger partial charge in [0, 0.05) is 18.7 Å². The van der Waals surface area contributed by atoms with Gasteiger partial charge in [0.25, 0.3) is 0 Å². The molecule has 126 valence electrons.